The Kier molecular flexibility index (Phi) is 4.53. The fraction of sp³-hybridized carbons (Fsp3) is 0.500. The number of hydrogen-bond acceptors (Lipinski definition) is 2. The summed E-state index contributed by atoms with van der Waals surface area (Å²) in [4.78, 5) is 15.3. The highest BCUT2D eigenvalue weighted by Crippen LogP contribution is 2.21. The van der Waals surface area contributed by atoms with E-state index >= 15 is 0 Å². The quantitative estimate of drug-likeness (QED) is 0.824. The van der Waals surface area contributed by atoms with Crippen LogP contribution in [0, 0.1) is 0 Å². The number of nitrogens with zero attached hydrogens (tertiary/aromatic N) is 1. The Labute approximate surface area is 113 Å². The van der Waals surface area contributed by atoms with Gasteiger partial charge in [-0.2, -0.15) is 0 Å². The van der Waals surface area contributed by atoms with Gasteiger partial charge in [0.05, 0.1) is 0 Å². The molecule has 2 amide bonds. The molecule has 1 unspecified atom stereocenters. The molecule has 1 aromatic rings. The summed E-state index contributed by atoms with van der Waals surface area (Å²) in [5.41, 5.74) is 0.879. The predicted octanol–water partition coefficient (Wildman–Crippen LogP) is 3.81. The van der Waals surface area contributed by atoms with Crippen molar-refractivity contribution in [2.24, 2.45) is 0 Å². The van der Waals surface area contributed by atoms with Gasteiger partial charge in [0.15, 0.2) is 0 Å². The molecule has 3 nitrogen and oxygen atoms in total. The zero-order valence-corrected chi connectivity index (χ0v) is 11.8. The van der Waals surface area contributed by atoms with Crippen LogP contribution in [-0.4, -0.2) is 29.8 Å². The van der Waals surface area contributed by atoms with Crippen molar-refractivity contribution in [3.05, 3.63) is 24.3 Å². The third-order valence-corrected chi connectivity index (χ3v) is 4.11. The smallest absolute Gasteiger partial charge is 0.322 e. The van der Waals surface area contributed by atoms with Crippen molar-refractivity contribution < 1.29 is 4.79 Å². The number of thioether (sulfide) groups is 1. The molecule has 1 aliphatic rings. The summed E-state index contributed by atoms with van der Waals surface area (Å²) in [6.07, 6.45) is 5.49. The maximum absolute atomic E-state index is 12.2. The fourth-order valence-electron chi connectivity index (χ4n) is 2.30. The van der Waals surface area contributed by atoms with Gasteiger partial charge in [0.25, 0.3) is 0 Å². The molecule has 0 spiro atoms. The molecule has 1 aromatic carbocycles. The first-order valence-corrected chi connectivity index (χ1v) is 7.65. The molecule has 1 fully saturated rings. The molecule has 98 valence electrons. The van der Waals surface area contributed by atoms with Crippen molar-refractivity contribution in [3.8, 4) is 0 Å². The van der Waals surface area contributed by atoms with Gasteiger partial charge < -0.3 is 10.2 Å². The molecular formula is C14H20N2OS. The highest BCUT2D eigenvalue weighted by molar-refractivity contribution is 7.98. The van der Waals surface area contributed by atoms with E-state index in [2.05, 4.69) is 12.2 Å². The SMILES string of the molecule is CSc1cccc(NC(=O)N2CCCCC2C)c1. The minimum Gasteiger partial charge on any atom is -0.322 e. The van der Waals surface area contributed by atoms with Crippen LogP contribution in [-0.2, 0) is 0 Å². The summed E-state index contributed by atoms with van der Waals surface area (Å²) < 4.78 is 0. The summed E-state index contributed by atoms with van der Waals surface area (Å²) in [7, 11) is 0. The van der Waals surface area contributed by atoms with Crippen LogP contribution in [0.1, 0.15) is 26.2 Å². The van der Waals surface area contributed by atoms with E-state index < -0.39 is 0 Å². The number of piperidine rings is 1. The van der Waals surface area contributed by atoms with Crippen LogP contribution >= 0.6 is 11.8 Å². The lowest BCUT2D eigenvalue weighted by molar-refractivity contribution is 0.170. The molecular weight excluding hydrogens is 244 g/mol. The lowest BCUT2D eigenvalue weighted by Crippen LogP contribution is -2.44. The van der Waals surface area contributed by atoms with Crippen molar-refractivity contribution in [3.63, 3.8) is 0 Å². The number of anilines is 1. The minimum atomic E-state index is 0.0282. The van der Waals surface area contributed by atoms with E-state index in [0.717, 1.165) is 25.1 Å². The highest BCUT2D eigenvalue weighted by atomic mass is 32.2. The number of rotatable bonds is 2. The van der Waals surface area contributed by atoms with Crippen molar-refractivity contribution in [1.29, 1.82) is 0 Å². The van der Waals surface area contributed by atoms with Gasteiger partial charge in [-0.05, 0) is 50.6 Å². The van der Waals surface area contributed by atoms with Gasteiger partial charge in [0.1, 0.15) is 0 Å². The first-order valence-electron chi connectivity index (χ1n) is 6.42. The van der Waals surface area contributed by atoms with Crippen LogP contribution in [0.3, 0.4) is 0 Å². The number of carbonyl (C=O) groups is 1. The van der Waals surface area contributed by atoms with Gasteiger partial charge in [-0.3, -0.25) is 0 Å². The van der Waals surface area contributed by atoms with Crippen LogP contribution in [0.25, 0.3) is 0 Å². The zero-order chi connectivity index (χ0) is 13.0. The molecule has 1 atom stereocenters. The first-order chi connectivity index (χ1) is 8.70. The Morgan fingerprint density at radius 1 is 1.44 bits per heavy atom. The number of hydrogen-bond donors (Lipinski definition) is 1. The average molecular weight is 264 g/mol. The summed E-state index contributed by atoms with van der Waals surface area (Å²) in [5, 5.41) is 2.99. The zero-order valence-electron chi connectivity index (χ0n) is 11.0. The summed E-state index contributed by atoms with van der Waals surface area (Å²) in [6.45, 7) is 2.99. The van der Waals surface area contributed by atoms with Crippen molar-refractivity contribution >= 4 is 23.5 Å². The van der Waals surface area contributed by atoms with E-state index in [1.165, 1.54) is 11.3 Å². The van der Waals surface area contributed by atoms with E-state index in [0.29, 0.717) is 6.04 Å². The number of nitrogens with one attached hydrogen (secondary N) is 1. The highest BCUT2D eigenvalue weighted by Gasteiger charge is 2.22. The van der Waals surface area contributed by atoms with Crippen LogP contribution in [0.15, 0.2) is 29.2 Å². The van der Waals surface area contributed by atoms with Gasteiger partial charge in [-0.15, -0.1) is 11.8 Å². The molecule has 4 heteroatoms. The molecule has 1 N–H and O–H groups in total. The number of amides is 2. The normalized spacial score (nSPS) is 19.7. The second kappa shape index (κ2) is 6.14. The second-order valence-corrected chi connectivity index (χ2v) is 5.58. The molecule has 1 heterocycles. The topological polar surface area (TPSA) is 32.3 Å². The predicted molar refractivity (Wildman–Crippen MR) is 77.3 cm³/mol. The Bertz CT molecular complexity index is 422. The Morgan fingerprint density at radius 2 is 2.28 bits per heavy atom. The lowest BCUT2D eigenvalue weighted by Gasteiger charge is -2.33. The van der Waals surface area contributed by atoms with Crippen LogP contribution in [0.2, 0.25) is 0 Å². The molecule has 0 saturated carbocycles. The third-order valence-electron chi connectivity index (χ3n) is 3.38. The Hall–Kier alpha value is -1.16. The minimum absolute atomic E-state index is 0.0282. The molecule has 1 saturated heterocycles. The van der Waals surface area contributed by atoms with E-state index in [1.807, 2.05) is 35.4 Å². The third kappa shape index (κ3) is 3.19. The fourth-order valence-corrected chi connectivity index (χ4v) is 2.76. The lowest BCUT2D eigenvalue weighted by atomic mass is 10.0. The van der Waals surface area contributed by atoms with E-state index in [9.17, 15) is 4.79 Å². The summed E-state index contributed by atoms with van der Waals surface area (Å²) >= 11 is 1.68. The summed E-state index contributed by atoms with van der Waals surface area (Å²) in [5.74, 6) is 0. The number of carbonyl (C=O) groups excluding carboxylic acids is 1. The number of benzene rings is 1. The van der Waals surface area contributed by atoms with Gasteiger partial charge in [-0.1, -0.05) is 6.07 Å². The standard InChI is InChI=1S/C14H20N2OS/c1-11-6-3-4-9-16(11)14(17)15-12-7-5-8-13(10-12)18-2/h5,7-8,10-11H,3-4,6,9H2,1-2H3,(H,15,17). The number of likely N-dealkylation sites (tertiary alicyclic amines) is 1. The van der Waals surface area contributed by atoms with E-state index in [-0.39, 0.29) is 6.03 Å². The maximum Gasteiger partial charge on any atom is 0.322 e. The van der Waals surface area contributed by atoms with E-state index in [4.69, 9.17) is 0 Å². The Morgan fingerprint density at radius 3 is 3.00 bits per heavy atom. The van der Waals surface area contributed by atoms with Crippen molar-refractivity contribution in [1.82, 2.24) is 4.90 Å². The second-order valence-electron chi connectivity index (χ2n) is 4.70. The maximum atomic E-state index is 12.2. The largest absolute Gasteiger partial charge is 0.322 e. The molecule has 0 bridgehead atoms. The molecule has 1 aliphatic heterocycles. The van der Waals surface area contributed by atoms with Gasteiger partial charge >= 0.3 is 6.03 Å². The molecule has 0 aromatic heterocycles. The number of urea groups is 1. The van der Waals surface area contributed by atoms with Crippen molar-refractivity contribution in [2.75, 3.05) is 18.1 Å². The van der Waals surface area contributed by atoms with E-state index in [1.54, 1.807) is 11.8 Å². The molecule has 0 radical (unpaired) electrons. The van der Waals surface area contributed by atoms with Crippen LogP contribution < -0.4 is 5.32 Å². The average Bonchev–Trinajstić information content (AvgIpc) is 2.39. The van der Waals surface area contributed by atoms with Crippen LogP contribution in [0.5, 0.6) is 0 Å². The van der Waals surface area contributed by atoms with Gasteiger partial charge in [0, 0.05) is 23.2 Å². The van der Waals surface area contributed by atoms with Crippen molar-refractivity contribution in [2.45, 2.75) is 37.1 Å². The monoisotopic (exact) mass is 264 g/mol. The first kappa shape index (κ1) is 13.3. The van der Waals surface area contributed by atoms with Gasteiger partial charge in [-0.25, -0.2) is 4.79 Å². The molecule has 18 heavy (non-hydrogen) atoms. The Balaban J connectivity index is 2.01. The van der Waals surface area contributed by atoms with Crippen LogP contribution in [0.4, 0.5) is 10.5 Å². The molecule has 0 aliphatic carbocycles. The van der Waals surface area contributed by atoms with Gasteiger partial charge in [0.2, 0.25) is 0 Å². The molecule has 2 rings (SSSR count). The summed E-state index contributed by atoms with van der Waals surface area (Å²) in [6, 6.07) is 8.34.